The molecule has 0 radical (unpaired) electrons. The van der Waals surface area contributed by atoms with Gasteiger partial charge in [0.15, 0.2) is 11.5 Å². The van der Waals surface area contributed by atoms with E-state index in [2.05, 4.69) is 25.9 Å². The van der Waals surface area contributed by atoms with Gasteiger partial charge in [-0.3, -0.25) is 19.4 Å². The summed E-state index contributed by atoms with van der Waals surface area (Å²) in [5, 5.41) is 29.9. The number of aromatic nitrogens is 2. The van der Waals surface area contributed by atoms with Crippen LogP contribution >= 0.6 is 12.4 Å². The zero-order valence-electron chi connectivity index (χ0n) is 18.8. The van der Waals surface area contributed by atoms with Crippen LogP contribution in [0.1, 0.15) is 23.2 Å². The van der Waals surface area contributed by atoms with Crippen LogP contribution in [0.5, 0.6) is 0 Å². The van der Waals surface area contributed by atoms with Gasteiger partial charge in [0, 0.05) is 30.3 Å². The van der Waals surface area contributed by atoms with Gasteiger partial charge in [-0.15, -0.1) is 12.4 Å². The van der Waals surface area contributed by atoms with Crippen LogP contribution in [0.3, 0.4) is 0 Å². The molecule has 3 rings (SSSR count). The third-order valence-electron chi connectivity index (χ3n) is 5.10. The molecular formula is C20H22CaClN7O7. The molecule has 0 fully saturated rings. The van der Waals surface area contributed by atoms with Gasteiger partial charge in [0.05, 0.1) is 18.1 Å². The van der Waals surface area contributed by atoms with Gasteiger partial charge in [-0.2, -0.15) is 4.98 Å². The van der Waals surface area contributed by atoms with Crippen LogP contribution in [-0.4, -0.2) is 97.1 Å². The van der Waals surface area contributed by atoms with Gasteiger partial charge in [-0.05, 0) is 37.1 Å². The standard InChI is InChI=1S/C20H23N7O7.Ca.ClH/c21-20-25-16-15(18(32)26-20)27(9-28)12(8-23-16)7-22-11-3-1-10(2-4-11)17(31)24-13(19(33)34)5-6-14(29)30;;/h1-4,9,12-13,22H,5-8H2,(H,24,31)(H,29,30)(H,33,34)(H4,21,23,25,26,32);;1H/q;+2;/p-2/t12?,13-;;/m0../s1. The fourth-order valence-electron chi connectivity index (χ4n) is 3.38. The van der Waals surface area contributed by atoms with Crippen LogP contribution < -0.4 is 42.4 Å². The molecule has 2 aromatic rings. The Morgan fingerprint density at radius 2 is 1.92 bits per heavy atom. The predicted molar refractivity (Wildman–Crippen MR) is 129 cm³/mol. The van der Waals surface area contributed by atoms with Gasteiger partial charge < -0.3 is 46.4 Å². The van der Waals surface area contributed by atoms with E-state index in [0.29, 0.717) is 18.6 Å². The summed E-state index contributed by atoms with van der Waals surface area (Å²) >= 11 is 0. The molecule has 1 aromatic heterocycles. The third kappa shape index (κ3) is 7.71. The molecule has 1 aliphatic heterocycles. The minimum atomic E-state index is -1.60. The molecule has 1 unspecified atom stereocenters. The first-order chi connectivity index (χ1) is 16.2. The van der Waals surface area contributed by atoms with Gasteiger partial charge in [0.25, 0.3) is 11.5 Å². The SMILES string of the molecule is Cl.Nc1nc2c(c(=O)[nH]1)N(C=O)C(CNc1ccc(C(=O)N[C@@H](CCC(=O)[O-])C(=O)[O-])cc1)CN2.[Ca+2]. The van der Waals surface area contributed by atoms with Crippen molar-refractivity contribution in [3.8, 4) is 0 Å². The second kappa shape index (κ2) is 13.9. The molecule has 16 heteroatoms. The van der Waals surface area contributed by atoms with Crippen LogP contribution in [0.4, 0.5) is 23.1 Å². The zero-order valence-corrected chi connectivity index (χ0v) is 21.8. The zero-order chi connectivity index (χ0) is 24.8. The minimum Gasteiger partial charge on any atom is -0.550 e. The average molecular weight is 548 g/mol. The number of nitrogens with two attached hydrogens (primary N) is 1. The van der Waals surface area contributed by atoms with E-state index in [1.165, 1.54) is 17.0 Å². The molecule has 0 saturated carbocycles. The molecule has 0 spiro atoms. The maximum atomic E-state index is 12.3. The Labute approximate surface area is 240 Å². The van der Waals surface area contributed by atoms with E-state index >= 15 is 0 Å². The van der Waals surface area contributed by atoms with Crippen molar-refractivity contribution < 1.29 is 29.4 Å². The molecule has 1 aliphatic rings. The summed E-state index contributed by atoms with van der Waals surface area (Å²) in [5.41, 5.74) is 5.75. The van der Waals surface area contributed by atoms with E-state index in [-0.39, 0.29) is 86.1 Å². The van der Waals surface area contributed by atoms with E-state index in [0.717, 1.165) is 0 Å². The van der Waals surface area contributed by atoms with Crippen molar-refractivity contribution in [1.29, 1.82) is 0 Å². The fourth-order valence-corrected chi connectivity index (χ4v) is 3.38. The summed E-state index contributed by atoms with van der Waals surface area (Å²) in [6, 6.07) is 4.08. The number of carbonyl (C=O) groups is 4. The Morgan fingerprint density at radius 3 is 2.50 bits per heavy atom. The quantitative estimate of drug-likeness (QED) is 0.146. The van der Waals surface area contributed by atoms with Gasteiger partial charge in [0.1, 0.15) is 0 Å². The second-order valence-electron chi connectivity index (χ2n) is 7.41. The van der Waals surface area contributed by atoms with E-state index in [1.807, 2.05) is 0 Å². The van der Waals surface area contributed by atoms with E-state index < -0.39 is 41.9 Å². The third-order valence-corrected chi connectivity index (χ3v) is 5.10. The molecule has 2 atom stereocenters. The van der Waals surface area contributed by atoms with Crippen LogP contribution in [0.2, 0.25) is 0 Å². The Bertz CT molecular complexity index is 1160. The number of amides is 2. The first kappa shape index (κ1) is 31.0. The molecule has 14 nitrogen and oxygen atoms in total. The molecule has 0 bridgehead atoms. The van der Waals surface area contributed by atoms with Gasteiger partial charge in [-0.1, -0.05) is 0 Å². The maximum Gasteiger partial charge on any atom is 2.00 e. The minimum absolute atomic E-state index is 0. The largest absolute Gasteiger partial charge is 2.00 e. The summed E-state index contributed by atoms with van der Waals surface area (Å²) < 4.78 is 0. The van der Waals surface area contributed by atoms with Crippen molar-refractivity contribution in [3.05, 3.63) is 40.2 Å². The summed E-state index contributed by atoms with van der Waals surface area (Å²) in [5.74, 6) is -3.63. The predicted octanol–water partition coefficient (Wildman–Crippen LogP) is -3.36. The van der Waals surface area contributed by atoms with Crippen molar-refractivity contribution in [3.63, 3.8) is 0 Å². The molecule has 2 heterocycles. The molecule has 36 heavy (non-hydrogen) atoms. The van der Waals surface area contributed by atoms with Crippen LogP contribution in [0, 0.1) is 0 Å². The Kier molecular flexibility index (Phi) is 11.9. The maximum absolute atomic E-state index is 12.3. The molecule has 2 amide bonds. The summed E-state index contributed by atoms with van der Waals surface area (Å²) in [6.45, 7) is 0.544. The fraction of sp³-hybridized carbons (Fsp3) is 0.300. The normalized spacial score (nSPS) is 14.6. The van der Waals surface area contributed by atoms with Crippen molar-refractivity contribution in [2.45, 2.75) is 24.9 Å². The van der Waals surface area contributed by atoms with Crippen LogP contribution in [0.25, 0.3) is 0 Å². The molecule has 0 saturated heterocycles. The van der Waals surface area contributed by atoms with Gasteiger partial charge in [-0.25, -0.2) is 0 Å². The number of rotatable bonds is 10. The molecule has 6 N–H and O–H groups in total. The number of nitrogens with zero attached hydrogens (tertiary/aromatic N) is 2. The number of aromatic amines is 1. The number of nitrogens with one attached hydrogen (secondary N) is 4. The number of hydrogen-bond acceptors (Lipinski definition) is 11. The number of carbonyl (C=O) groups excluding carboxylic acids is 4. The first-order valence-corrected chi connectivity index (χ1v) is 10.1. The average Bonchev–Trinajstić information content (AvgIpc) is 2.79. The van der Waals surface area contributed by atoms with E-state index in [4.69, 9.17) is 5.73 Å². The molecule has 1 aromatic carbocycles. The van der Waals surface area contributed by atoms with Gasteiger partial charge >= 0.3 is 37.7 Å². The topological polar surface area (TPSA) is 225 Å². The van der Waals surface area contributed by atoms with Gasteiger partial charge in [0.2, 0.25) is 12.4 Å². The van der Waals surface area contributed by atoms with Crippen LogP contribution in [0.15, 0.2) is 29.1 Å². The molecular weight excluding hydrogens is 526 g/mol. The monoisotopic (exact) mass is 547 g/mol. The second-order valence-corrected chi connectivity index (χ2v) is 7.41. The summed E-state index contributed by atoms with van der Waals surface area (Å²) in [7, 11) is 0. The van der Waals surface area contributed by atoms with Crippen LogP contribution in [-0.2, 0) is 14.4 Å². The first-order valence-electron chi connectivity index (χ1n) is 10.1. The van der Waals surface area contributed by atoms with Crippen molar-refractivity contribution in [1.82, 2.24) is 15.3 Å². The number of fused-ring (bicyclic) bond motifs is 1. The summed E-state index contributed by atoms with van der Waals surface area (Å²) in [4.78, 5) is 65.4. The number of anilines is 4. The molecule has 188 valence electrons. The smallest absolute Gasteiger partial charge is 0.550 e. The number of aliphatic carboxylic acids is 2. The van der Waals surface area contributed by atoms with Crippen molar-refractivity contribution >= 4 is 97.5 Å². The Morgan fingerprint density at radius 1 is 1.25 bits per heavy atom. The number of hydrogen-bond donors (Lipinski definition) is 5. The van der Waals surface area contributed by atoms with Crippen molar-refractivity contribution in [2.75, 3.05) is 34.4 Å². The number of benzene rings is 1. The Hall–Kier alpha value is -3.07. The number of halogens is 1. The molecule has 0 aliphatic carbocycles. The van der Waals surface area contributed by atoms with Crippen molar-refractivity contribution in [2.24, 2.45) is 0 Å². The summed E-state index contributed by atoms with van der Waals surface area (Å²) in [6.07, 6.45) is -0.386. The van der Waals surface area contributed by atoms with E-state index in [9.17, 15) is 34.2 Å². The number of carboxylic acids is 2. The Balaban J connectivity index is 0.00000324. The number of H-pyrrole nitrogens is 1. The number of nitrogen functional groups attached to an aromatic ring is 1. The number of carboxylic acid groups (broad SMARTS) is 2. The van der Waals surface area contributed by atoms with E-state index in [1.54, 1.807) is 12.1 Å².